The Bertz CT molecular complexity index is 1080. The summed E-state index contributed by atoms with van der Waals surface area (Å²) >= 11 is 0. The predicted octanol–water partition coefficient (Wildman–Crippen LogP) is 4.00. The zero-order valence-corrected chi connectivity index (χ0v) is 15.5. The van der Waals surface area contributed by atoms with Crippen LogP contribution in [0, 0.1) is 0 Å². The Morgan fingerprint density at radius 1 is 1.23 bits per heavy atom. The van der Waals surface area contributed by atoms with E-state index in [0.29, 0.717) is 17.9 Å². The zero-order chi connectivity index (χ0) is 18.6. The van der Waals surface area contributed by atoms with Gasteiger partial charge in [0.1, 0.15) is 5.75 Å². The summed E-state index contributed by atoms with van der Waals surface area (Å²) in [6.07, 6.45) is 0.992. The van der Waals surface area contributed by atoms with Gasteiger partial charge in [-0.05, 0) is 37.1 Å². The van der Waals surface area contributed by atoms with E-state index >= 15 is 0 Å². The summed E-state index contributed by atoms with van der Waals surface area (Å²) in [7, 11) is 3.41. The van der Waals surface area contributed by atoms with Gasteiger partial charge in [0.25, 0.3) is 5.91 Å². The van der Waals surface area contributed by atoms with Crippen molar-refractivity contribution in [1.82, 2.24) is 9.47 Å². The second kappa shape index (κ2) is 5.87. The van der Waals surface area contributed by atoms with E-state index in [1.807, 2.05) is 31.3 Å². The van der Waals surface area contributed by atoms with Crippen molar-refractivity contribution in [2.24, 2.45) is 0 Å². The minimum Gasteiger partial charge on any atom is -0.496 e. The highest BCUT2D eigenvalue weighted by Crippen LogP contribution is 2.39. The number of fused-ring (bicyclic) bond motifs is 5. The fourth-order valence-corrected chi connectivity index (χ4v) is 4.07. The number of ketones is 1. The molecule has 1 aliphatic heterocycles. The molecule has 1 amide bonds. The molecule has 5 nitrogen and oxygen atoms in total. The molecule has 0 radical (unpaired) electrons. The van der Waals surface area contributed by atoms with Crippen LogP contribution in [0.4, 0.5) is 0 Å². The first-order valence-electron chi connectivity index (χ1n) is 8.90. The summed E-state index contributed by atoms with van der Waals surface area (Å²) in [5.74, 6) is 0.620. The van der Waals surface area contributed by atoms with Crippen LogP contribution in [-0.4, -0.2) is 35.3 Å². The van der Waals surface area contributed by atoms with Gasteiger partial charge < -0.3 is 14.2 Å². The molecule has 0 fully saturated rings. The number of hydrogen-bond acceptors (Lipinski definition) is 3. The number of amides is 1. The molecule has 0 atom stereocenters. The Labute approximate surface area is 152 Å². The van der Waals surface area contributed by atoms with E-state index < -0.39 is 0 Å². The number of methoxy groups -OCH3 is 1. The van der Waals surface area contributed by atoms with Gasteiger partial charge in [0, 0.05) is 48.1 Å². The van der Waals surface area contributed by atoms with E-state index in [9.17, 15) is 9.59 Å². The lowest BCUT2D eigenvalue weighted by Gasteiger charge is -2.09. The number of carbonyl (C=O) groups excluding carboxylic acids is 2. The number of carbonyl (C=O) groups is 2. The monoisotopic (exact) mass is 350 g/mol. The molecule has 26 heavy (non-hydrogen) atoms. The zero-order valence-electron chi connectivity index (χ0n) is 15.5. The molecule has 0 bridgehead atoms. The largest absolute Gasteiger partial charge is 0.496 e. The minimum absolute atomic E-state index is 0.0269. The lowest BCUT2D eigenvalue weighted by molar-refractivity contribution is 0.0816. The Morgan fingerprint density at radius 2 is 2.00 bits per heavy atom. The van der Waals surface area contributed by atoms with Gasteiger partial charge in [-0.15, -0.1) is 0 Å². The maximum atomic E-state index is 12.4. The van der Waals surface area contributed by atoms with Gasteiger partial charge in [-0.1, -0.05) is 6.92 Å². The number of hydrogen-bond donors (Lipinski definition) is 0. The number of Topliss-reactive ketones (excluding diaryl/α,β-unsaturated/α-hetero) is 1. The first-order valence-corrected chi connectivity index (χ1v) is 8.90. The first-order chi connectivity index (χ1) is 12.5. The van der Waals surface area contributed by atoms with Crippen molar-refractivity contribution in [3.05, 3.63) is 41.0 Å². The molecule has 5 heteroatoms. The average Bonchev–Trinajstić information content (AvgIpc) is 3.09. The lowest BCUT2D eigenvalue weighted by Crippen LogP contribution is -2.17. The van der Waals surface area contributed by atoms with Crippen LogP contribution in [0.3, 0.4) is 0 Å². The third-order valence-electron chi connectivity index (χ3n) is 5.26. The highest BCUT2D eigenvalue weighted by molar-refractivity contribution is 6.16. The molecular formula is C21H22N2O3. The first kappa shape index (κ1) is 16.6. The Morgan fingerprint density at radius 3 is 2.65 bits per heavy atom. The van der Waals surface area contributed by atoms with E-state index in [1.165, 1.54) is 0 Å². The van der Waals surface area contributed by atoms with Gasteiger partial charge in [-0.2, -0.15) is 0 Å². The summed E-state index contributed by atoms with van der Waals surface area (Å²) in [5.41, 5.74) is 4.53. The highest BCUT2D eigenvalue weighted by Gasteiger charge is 2.29. The van der Waals surface area contributed by atoms with Crippen LogP contribution in [0.1, 0.15) is 46.5 Å². The van der Waals surface area contributed by atoms with Gasteiger partial charge in [-0.3, -0.25) is 9.59 Å². The smallest absolute Gasteiger partial charge is 0.254 e. The van der Waals surface area contributed by atoms with Crippen molar-refractivity contribution in [2.45, 2.75) is 33.4 Å². The van der Waals surface area contributed by atoms with Gasteiger partial charge in [0.15, 0.2) is 5.78 Å². The molecule has 2 aromatic carbocycles. The molecule has 3 aromatic rings. The van der Waals surface area contributed by atoms with Crippen molar-refractivity contribution in [3.8, 4) is 5.75 Å². The van der Waals surface area contributed by atoms with E-state index in [1.54, 1.807) is 18.9 Å². The standard InChI is InChI=1S/C21H22N2O3/c1-5-8-23-17-7-6-13-16(11-22(3)21(13)25)20(17)15-9-14(12(2)24)19(26-4)10-18(15)23/h6-7,9-10H,5,8,11H2,1-4H3. The molecule has 0 saturated carbocycles. The normalized spacial score (nSPS) is 13.7. The van der Waals surface area contributed by atoms with Crippen molar-refractivity contribution in [2.75, 3.05) is 14.2 Å². The number of aromatic nitrogens is 1. The molecule has 1 aliphatic rings. The van der Waals surface area contributed by atoms with Gasteiger partial charge in [0.2, 0.25) is 0 Å². The maximum Gasteiger partial charge on any atom is 0.254 e. The molecule has 0 N–H and O–H groups in total. The fraction of sp³-hybridized carbons (Fsp3) is 0.333. The summed E-state index contributed by atoms with van der Waals surface area (Å²) in [4.78, 5) is 26.3. The van der Waals surface area contributed by atoms with Crippen LogP contribution < -0.4 is 4.74 Å². The minimum atomic E-state index is -0.0269. The van der Waals surface area contributed by atoms with Crippen LogP contribution in [-0.2, 0) is 13.1 Å². The van der Waals surface area contributed by atoms with Gasteiger partial charge in [-0.25, -0.2) is 0 Å². The number of benzene rings is 2. The summed E-state index contributed by atoms with van der Waals surface area (Å²) in [6, 6.07) is 7.83. The third-order valence-corrected chi connectivity index (χ3v) is 5.26. The van der Waals surface area contributed by atoms with Crippen molar-refractivity contribution >= 4 is 33.5 Å². The van der Waals surface area contributed by atoms with E-state index in [0.717, 1.165) is 45.9 Å². The third kappa shape index (κ3) is 2.16. The fourth-order valence-electron chi connectivity index (χ4n) is 4.07. The average molecular weight is 350 g/mol. The van der Waals surface area contributed by atoms with E-state index in [2.05, 4.69) is 11.5 Å². The molecular weight excluding hydrogens is 328 g/mol. The molecule has 0 spiro atoms. The molecule has 134 valence electrons. The summed E-state index contributed by atoms with van der Waals surface area (Å²) < 4.78 is 7.74. The van der Waals surface area contributed by atoms with Crippen LogP contribution in [0.15, 0.2) is 24.3 Å². The van der Waals surface area contributed by atoms with Crippen LogP contribution >= 0.6 is 0 Å². The number of ether oxygens (including phenoxy) is 1. The Kier molecular flexibility index (Phi) is 3.75. The van der Waals surface area contributed by atoms with Crippen LogP contribution in [0.2, 0.25) is 0 Å². The molecule has 0 unspecified atom stereocenters. The Balaban J connectivity index is 2.17. The SMILES string of the molecule is CCCn1c2cc(OC)c(C(C)=O)cc2c2c3c(ccc21)C(=O)N(C)C3. The molecule has 2 heterocycles. The highest BCUT2D eigenvalue weighted by atomic mass is 16.5. The quantitative estimate of drug-likeness (QED) is 0.668. The number of nitrogens with zero attached hydrogens (tertiary/aromatic N) is 2. The Hall–Kier alpha value is -2.82. The molecule has 1 aromatic heterocycles. The van der Waals surface area contributed by atoms with E-state index in [4.69, 9.17) is 4.74 Å². The summed E-state index contributed by atoms with van der Waals surface area (Å²) in [5, 5.41) is 2.09. The van der Waals surface area contributed by atoms with Crippen molar-refractivity contribution < 1.29 is 14.3 Å². The predicted molar refractivity (Wildman–Crippen MR) is 102 cm³/mol. The van der Waals surface area contributed by atoms with Crippen molar-refractivity contribution in [3.63, 3.8) is 0 Å². The second-order valence-corrected chi connectivity index (χ2v) is 6.92. The lowest BCUT2D eigenvalue weighted by atomic mass is 10.0. The van der Waals surface area contributed by atoms with Crippen molar-refractivity contribution in [1.29, 1.82) is 0 Å². The topological polar surface area (TPSA) is 51.5 Å². The second-order valence-electron chi connectivity index (χ2n) is 6.92. The van der Waals surface area contributed by atoms with Gasteiger partial charge in [0.05, 0.1) is 18.2 Å². The van der Waals surface area contributed by atoms with E-state index in [-0.39, 0.29) is 11.7 Å². The van der Waals surface area contributed by atoms with Crippen LogP contribution in [0.5, 0.6) is 5.75 Å². The molecule has 4 rings (SSSR count). The van der Waals surface area contributed by atoms with Gasteiger partial charge >= 0.3 is 0 Å². The number of rotatable bonds is 4. The molecule has 0 saturated heterocycles. The molecule has 0 aliphatic carbocycles. The van der Waals surface area contributed by atoms with Crippen LogP contribution in [0.25, 0.3) is 21.8 Å². The summed E-state index contributed by atoms with van der Waals surface area (Å²) in [6.45, 7) is 5.16. The number of aryl methyl sites for hydroxylation is 1. The maximum absolute atomic E-state index is 12.4.